The summed E-state index contributed by atoms with van der Waals surface area (Å²) >= 11 is 2.78. The van der Waals surface area contributed by atoms with Crippen LogP contribution in [0.25, 0.3) is 11.1 Å². The van der Waals surface area contributed by atoms with Crippen LogP contribution in [0.3, 0.4) is 0 Å². The van der Waals surface area contributed by atoms with Crippen molar-refractivity contribution in [3.05, 3.63) is 101 Å². The highest BCUT2D eigenvalue weighted by Crippen LogP contribution is 2.22. The number of benzene rings is 3. The Balaban J connectivity index is 1.20. The number of nitrogens with one attached hydrogen (secondary N) is 2. The molecular formula is C26H22FN3O2S2. The highest BCUT2D eigenvalue weighted by atomic mass is 32.2. The van der Waals surface area contributed by atoms with E-state index in [1.54, 1.807) is 0 Å². The summed E-state index contributed by atoms with van der Waals surface area (Å²) in [7, 11) is 0. The summed E-state index contributed by atoms with van der Waals surface area (Å²) in [5.74, 6) is 0.151. The number of amides is 2. The van der Waals surface area contributed by atoms with E-state index in [0.717, 1.165) is 22.4 Å². The average Bonchev–Trinajstić information content (AvgIpc) is 3.28. The summed E-state index contributed by atoms with van der Waals surface area (Å²) in [4.78, 5) is 28.9. The Labute approximate surface area is 205 Å². The van der Waals surface area contributed by atoms with Crippen molar-refractivity contribution >= 4 is 45.7 Å². The normalized spacial score (nSPS) is 10.6. The van der Waals surface area contributed by atoms with Gasteiger partial charge in [-0.2, -0.15) is 0 Å². The summed E-state index contributed by atoms with van der Waals surface area (Å²) in [5, 5.41) is 7.97. The number of anilines is 2. The van der Waals surface area contributed by atoms with Gasteiger partial charge in [-0.05, 0) is 41.0 Å². The Morgan fingerprint density at radius 3 is 2.29 bits per heavy atom. The van der Waals surface area contributed by atoms with Crippen molar-refractivity contribution in [2.45, 2.75) is 12.2 Å². The van der Waals surface area contributed by atoms with Gasteiger partial charge < -0.3 is 10.6 Å². The number of aromatic nitrogens is 1. The van der Waals surface area contributed by atoms with Crippen LogP contribution in [-0.4, -0.2) is 22.6 Å². The van der Waals surface area contributed by atoms with E-state index in [1.807, 2.05) is 47.8 Å². The minimum atomic E-state index is -0.347. The van der Waals surface area contributed by atoms with Crippen LogP contribution in [0, 0.1) is 5.82 Å². The molecule has 0 aliphatic rings. The number of halogens is 1. The van der Waals surface area contributed by atoms with Crippen LogP contribution < -0.4 is 10.6 Å². The van der Waals surface area contributed by atoms with Crippen molar-refractivity contribution in [2.24, 2.45) is 0 Å². The Morgan fingerprint density at radius 2 is 1.56 bits per heavy atom. The highest BCUT2D eigenvalue weighted by Gasteiger charge is 2.10. The molecule has 5 nitrogen and oxygen atoms in total. The van der Waals surface area contributed by atoms with Crippen molar-refractivity contribution in [3.8, 4) is 11.1 Å². The van der Waals surface area contributed by atoms with E-state index in [-0.39, 0.29) is 29.8 Å². The van der Waals surface area contributed by atoms with Gasteiger partial charge in [0.05, 0.1) is 17.9 Å². The maximum absolute atomic E-state index is 12.9. The summed E-state index contributed by atoms with van der Waals surface area (Å²) in [6.45, 7) is 0. The van der Waals surface area contributed by atoms with Crippen LogP contribution in [0.4, 0.5) is 15.2 Å². The summed E-state index contributed by atoms with van der Waals surface area (Å²) in [5.41, 5.74) is 4.53. The maximum Gasteiger partial charge on any atom is 0.234 e. The molecule has 1 heterocycles. The minimum Gasteiger partial charge on any atom is -0.325 e. The predicted octanol–water partition coefficient (Wildman–Crippen LogP) is 6.00. The summed E-state index contributed by atoms with van der Waals surface area (Å²) in [6, 6.07) is 23.7. The number of rotatable bonds is 9. The van der Waals surface area contributed by atoms with Crippen LogP contribution in [0.1, 0.15) is 11.3 Å². The quantitative estimate of drug-likeness (QED) is 0.301. The van der Waals surface area contributed by atoms with Gasteiger partial charge in [0, 0.05) is 16.8 Å². The van der Waals surface area contributed by atoms with Crippen molar-refractivity contribution in [2.75, 3.05) is 16.4 Å². The Bertz CT molecular complexity index is 1240. The number of nitrogens with zero attached hydrogens (tertiary/aromatic N) is 1. The third kappa shape index (κ3) is 7.00. The van der Waals surface area contributed by atoms with Crippen molar-refractivity contribution < 1.29 is 14.0 Å². The van der Waals surface area contributed by atoms with Crippen LogP contribution in [-0.2, 0) is 21.8 Å². The van der Waals surface area contributed by atoms with Crippen LogP contribution in [0.2, 0.25) is 0 Å². The largest absolute Gasteiger partial charge is 0.325 e. The maximum atomic E-state index is 12.9. The van der Waals surface area contributed by atoms with Gasteiger partial charge in [-0.3, -0.25) is 9.59 Å². The molecule has 2 N–H and O–H groups in total. The van der Waals surface area contributed by atoms with Crippen molar-refractivity contribution in [1.82, 2.24) is 4.98 Å². The monoisotopic (exact) mass is 491 g/mol. The number of thioether (sulfide) groups is 1. The van der Waals surface area contributed by atoms with Gasteiger partial charge in [0.25, 0.3) is 0 Å². The molecule has 0 bridgehead atoms. The number of hydrogen-bond acceptors (Lipinski definition) is 5. The molecule has 2 amide bonds. The molecule has 0 fully saturated rings. The second-order valence-corrected chi connectivity index (χ2v) is 9.32. The second kappa shape index (κ2) is 11.6. The number of carbonyl (C=O) groups excluding carboxylic acids is 2. The Morgan fingerprint density at radius 1 is 0.853 bits per heavy atom. The number of hydrogen-bond donors (Lipinski definition) is 2. The fourth-order valence-corrected chi connectivity index (χ4v) is 4.75. The lowest BCUT2D eigenvalue weighted by Gasteiger charge is -2.05. The van der Waals surface area contributed by atoms with E-state index in [4.69, 9.17) is 0 Å². The number of thiazole rings is 1. The zero-order chi connectivity index (χ0) is 23.8. The standard InChI is InChI=1S/C26H22FN3O2S2/c27-21-10-12-22(13-11-21)28-25(32)17-33-15-23-16-34-26(29-23)30-24(31)14-18-6-8-20(9-7-18)19-4-2-1-3-5-19/h1-13,16H,14-15,17H2,(H,28,32)(H,29,30,31). The van der Waals surface area contributed by atoms with Gasteiger partial charge in [-0.15, -0.1) is 23.1 Å². The summed E-state index contributed by atoms with van der Waals surface area (Å²) < 4.78 is 12.9. The molecule has 4 aromatic rings. The van der Waals surface area contributed by atoms with E-state index >= 15 is 0 Å². The first-order valence-corrected chi connectivity index (χ1v) is 12.6. The molecule has 8 heteroatoms. The van der Waals surface area contributed by atoms with Gasteiger partial charge in [0.15, 0.2) is 5.13 Å². The molecule has 0 unspecified atom stereocenters. The third-order valence-electron chi connectivity index (χ3n) is 4.83. The minimum absolute atomic E-state index is 0.125. The second-order valence-electron chi connectivity index (χ2n) is 7.48. The van der Waals surface area contributed by atoms with E-state index in [0.29, 0.717) is 16.6 Å². The molecule has 1 aromatic heterocycles. The average molecular weight is 492 g/mol. The first-order chi connectivity index (χ1) is 16.5. The molecule has 3 aromatic carbocycles. The van der Waals surface area contributed by atoms with Crippen molar-refractivity contribution in [1.29, 1.82) is 0 Å². The topological polar surface area (TPSA) is 71.1 Å². The molecule has 0 radical (unpaired) electrons. The third-order valence-corrected chi connectivity index (χ3v) is 6.61. The number of carbonyl (C=O) groups is 2. The smallest absolute Gasteiger partial charge is 0.234 e. The van der Waals surface area contributed by atoms with Gasteiger partial charge in [0.1, 0.15) is 5.82 Å². The van der Waals surface area contributed by atoms with Gasteiger partial charge in [0.2, 0.25) is 11.8 Å². The summed E-state index contributed by atoms with van der Waals surface area (Å²) in [6.07, 6.45) is 0.266. The zero-order valence-electron chi connectivity index (χ0n) is 18.2. The lowest BCUT2D eigenvalue weighted by atomic mass is 10.0. The molecule has 0 spiro atoms. The molecule has 0 saturated heterocycles. The van der Waals surface area contributed by atoms with Crippen LogP contribution >= 0.6 is 23.1 Å². The zero-order valence-corrected chi connectivity index (χ0v) is 19.8. The van der Waals surface area contributed by atoms with E-state index < -0.39 is 0 Å². The van der Waals surface area contributed by atoms with Gasteiger partial charge in [-0.25, -0.2) is 9.37 Å². The molecule has 0 aliphatic carbocycles. The fraction of sp³-hybridized carbons (Fsp3) is 0.115. The predicted molar refractivity (Wildman–Crippen MR) is 138 cm³/mol. The van der Waals surface area contributed by atoms with E-state index in [2.05, 4.69) is 27.8 Å². The molecule has 0 saturated carbocycles. The first kappa shape index (κ1) is 23.7. The highest BCUT2D eigenvalue weighted by molar-refractivity contribution is 7.99. The van der Waals surface area contributed by atoms with Gasteiger partial charge in [-0.1, -0.05) is 54.6 Å². The first-order valence-electron chi connectivity index (χ1n) is 10.6. The van der Waals surface area contributed by atoms with Crippen molar-refractivity contribution in [3.63, 3.8) is 0 Å². The lowest BCUT2D eigenvalue weighted by molar-refractivity contribution is -0.115. The lowest BCUT2D eigenvalue weighted by Crippen LogP contribution is -2.14. The Hall–Kier alpha value is -3.49. The van der Waals surface area contributed by atoms with Crippen LogP contribution in [0.15, 0.2) is 84.2 Å². The molecule has 4 rings (SSSR count). The SMILES string of the molecule is O=C(CSCc1csc(NC(=O)Cc2ccc(-c3ccccc3)cc2)n1)Nc1ccc(F)cc1. The molecular weight excluding hydrogens is 469 g/mol. The van der Waals surface area contributed by atoms with E-state index in [9.17, 15) is 14.0 Å². The molecule has 0 atom stereocenters. The molecule has 172 valence electrons. The molecule has 34 heavy (non-hydrogen) atoms. The van der Waals surface area contributed by atoms with Crippen LogP contribution in [0.5, 0.6) is 0 Å². The van der Waals surface area contributed by atoms with Gasteiger partial charge >= 0.3 is 0 Å². The molecule has 0 aliphatic heterocycles. The fourth-order valence-electron chi connectivity index (χ4n) is 3.20. The van der Waals surface area contributed by atoms with E-state index in [1.165, 1.54) is 47.4 Å². The Kier molecular flexibility index (Phi) is 8.06.